The van der Waals surface area contributed by atoms with E-state index in [4.69, 9.17) is 9.47 Å². The van der Waals surface area contributed by atoms with Gasteiger partial charge in [-0.25, -0.2) is 4.79 Å². The fourth-order valence-electron chi connectivity index (χ4n) is 3.43. The lowest BCUT2D eigenvalue weighted by molar-refractivity contribution is -0.121. The Kier molecular flexibility index (Phi) is 6.91. The Morgan fingerprint density at radius 3 is 2.30 bits per heavy atom. The Morgan fingerprint density at radius 2 is 1.70 bits per heavy atom. The fraction of sp³-hybridized carbons (Fsp3) is 0.462. The standard InChI is InChI=1S/C26H35N3O4/c1-25(2,3)18-8-10-19(11-9-18)27-20-12-13-21-22(16-20)32-17-23(30)29(21)15-14-28(7)24(31)33-26(4,5)6/h8-13,16,27H,14-15,17H2,1-7H3. The Balaban J connectivity index is 1.68. The summed E-state index contributed by atoms with van der Waals surface area (Å²) in [6, 6.07) is 14.0. The number of carbonyl (C=O) groups excluding carboxylic acids is 2. The third kappa shape index (κ3) is 6.40. The molecule has 0 saturated carbocycles. The summed E-state index contributed by atoms with van der Waals surface area (Å²) >= 11 is 0. The van der Waals surface area contributed by atoms with Crippen LogP contribution in [0, 0.1) is 0 Å². The topological polar surface area (TPSA) is 71.1 Å². The zero-order valence-electron chi connectivity index (χ0n) is 20.7. The first kappa shape index (κ1) is 24.4. The Labute approximate surface area is 196 Å². The van der Waals surface area contributed by atoms with Crippen LogP contribution in [-0.2, 0) is 14.9 Å². The maximum Gasteiger partial charge on any atom is 0.410 e. The van der Waals surface area contributed by atoms with Crippen LogP contribution in [0.1, 0.15) is 47.1 Å². The number of likely N-dealkylation sites (N-methyl/N-ethyl adjacent to an activating group) is 1. The molecule has 1 heterocycles. The van der Waals surface area contributed by atoms with E-state index in [9.17, 15) is 9.59 Å². The summed E-state index contributed by atoms with van der Waals surface area (Å²) in [6.07, 6.45) is -0.416. The number of anilines is 3. The molecule has 0 fully saturated rings. The summed E-state index contributed by atoms with van der Waals surface area (Å²) in [5, 5.41) is 3.39. The van der Waals surface area contributed by atoms with Gasteiger partial charge in [-0.2, -0.15) is 0 Å². The van der Waals surface area contributed by atoms with Crippen molar-refractivity contribution in [3.05, 3.63) is 48.0 Å². The van der Waals surface area contributed by atoms with Gasteiger partial charge in [-0.15, -0.1) is 0 Å². The van der Waals surface area contributed by atoms with E-state index in [1.54, 1.807) is 11.9 Å². The molecule has 2 aromatic carbocycles. The van der Waals surface area contributed by atoms with Gasteiger partial charge in [-0.1, -0.05) is 32.9 Å². The number of rotatable bonds is 5. The van der Waals surface area contributed by atoms with Crippen LogP contribution >= 0.6 is 0 Å². The highest BCUT2D eigenvalue weighted by Gasteiger charge is 2.27. The number of benzene rings is 2. The van der Waals surface area contributed by atoms with E-state index in [2.05, 4.69) is 50.4 Å². The number of nitrogens with one attached hydrogen (secondary N) is 1. The van der Waals surface area contributed by atoms with Gasteiger partial charge in [0.05, 0.1) is 5.69 Å². The van der Waals surface area contributed by atoms with E-state index in [-0.39, 0.29) is 17.9 Å². The van der Waals surface area contributed by atoms with Crippen molar-refractivity contribution >= 4 is 29.1 Å². The molecular weight excluding hydrogens is 418 g/mol. The number of ether oxygens (including phenoxy) is 2. The lowest BCUT2D eigenvalue weighted by atomic mass is 9.87. The van der Waals surface area contributed by atoms with Gasteiger partial charge >= 0.3 is 6.09 Å². The molecule has 0 radical (unpaired) electrons. The van der Waals surface area contributed by atoms with Gasteiger partial charge in [-0.3, -0.25) is 4.79 Å². The van der Waals surface area contributed by atoms with E-state index in [0.717, 1.165) is 11.4 Å². The highest BCUT2D eigenvalue weighted by Crippen LogP contribution is 2.35. The average molecular weight is 454 g/mol. The monoisotopic (exact) mass is 453 g/mol. The lowest BCUT2D eigenvalue weighted by Crippen LogP contribution is -2.44. The first-order valence-corrected chi connectivity index (χ1v) is 11.2. The molecule has 2 amide bonds. The van der Waals surface area contributed by atoms with Crippen molar-refractivity contribution in [3.8, 4) is 5.75 Å². The molecule has 7 heteroatoms. The van der Waals surface area contributed by atoms with Crippen LogP contribution < -0.4 is 15.0 Å². The molecule has 0 bridgehead atoms. The van der Waals surface area contributed by atoms with E-state index in [0.29, 0.717) is 24.5 Å². The highest BCUT2D eigenvalue weighted by atomic mass is 16.6. The van der Waals surface area contributed by atoms with Gasteiger partial charge < -0.3 is 24.6 Å². The van der Waals surface area contributed by atoms with Crippen molar-refractivity contribution in [1.29, 1.82) is 0 Å². The SMILES string of the molecule is CN(CCN1C(=O)COc2cc(Nc3ccc(C(C)(C)C)cc3)ccc21)C(=O)OC(C)(C)C. The number of hydrogen-bond donors (Lipinski definition) is 1. The predicted molar refractivity (Wildman–Crippen MR) is 132 cm³/mol. The smallest absolute Gasteiger partial charge is 0.410 e. The van der Waals surface area contributed by atoms with Gasteiger partial charge in [-0.05, 0) is 56.0 Å². The van der Waals surface area contributed by atoms with Crippen LogP contribution in [0.3, 0.4) is 0 Å². The molecule has 1 aliphatic rings. The van der Waals surface area contributed by atoms with Crippen molar-refractivity contribution in [2.45, 2.75) is 52.6 Å². The van der Waals surface area contributed by atoms with Crippen molar-refractivity contribution < 1.29 is 19.1 Å². The lowest BCUT2D eigenvalue weighted by Gasteiger charge is -2.31. The predicted octanol–water partition coefficient (Wildman–Crippen LogP) is 5.32. The first-order valence-electron chi connectivity index (χ1n) is 11.2. The summed E-state index contributed by atoms with van der Waals surface area (Å²) in [5.74, 6) is 0.490. The van der Waals surface area contributed by atoms with Crippen LogP contribution in [-0.4, -0.2) is 49.2 Å². The minimum Gasteiger partial charge on any atom is -0.481 e. The zero-order chi connectivity index (χ0) is 24.4. The number of fused-ring (bicyclic) bond motifs is 1. The molecule has 178 valence electrons. The summed E-state index contributed by atoms with van der Waals surface area (Å²) in [6.45, 7) is 12.7. The number of carbonyl (C=O) groups is 2. The van der Waals surface area contributed by atoms with Crippen LogP contribution in [0.5, 0.6) is 5.75 Å². The van der Waals surface area contributed by atoms with E-state index < -0.39 is 11.7 Å². The summed E-state index contributed by atoms with van der Waals surface area (Å²) < 4.78 is 11.1. The van der Waals surface area contributed by atoms with Crippen molar-refractivity contribution in [1.82, 2.24) is 4.90 Å². The van der Waals surface area contributed by atoms with Gasteiger partial charge in [0.25, 0.3) is 5.91 Å². The normalized spacial score (nSPS) is 13.8. The molecule has 1 N–H and O–H groups in total. The molecule has 2 aromatic rings. The van der Waals surface area contributed by atoms with Gasteiger partial charge in [0.2, 0.25) is 0 Å². The van der Waals surface area contributed by atoms with E-state index in [1.165, 1.54) is 10.5 Å². The quantitative estimate of drug-likeness (QED) is 0.663. The van der Waals surface area contributed by atoms with Crippen LogP contribution in [0.15, 0.2) is 42.5 Å². The molecular formula is C26H35N3O4. The highest BCUT2D eigenvalue weighted by molar-refractivity contribution is 5.98. The van der Waals surface area contributed by atoms with Crippen molar-refractivity contribution in [2.75, 3.05) is 37.0 Å². The van der Waals surface area contributed by atoms with E-state index >= 15 is 0 Å². The zero-order valence-corrected chi connectivity index (χ0v) is 20.7. The molecule has 1 aliphatic heterocycles. The van der Waals surface area contributed by atoms with Gasteiger partial charge in [0.1, 0.15) is 11.4 Å². The number of hydrogen-bond acceptors (Lipinski definition) is 5. The molecule has 0 atom stereocenters. The Hall–Kier alpha value is -3.22. The molecule has 0 unspecified atom stereocenters. The third-order valence-electron chi connectivity index (χ3n) is 5.31. The van der Waals surface area contributed by atoms with E-state index in [1.807, 2.05) is 39.0 Å². The maximum atomic E-state index is 12.5. The largest absolute Gasteiger partial charge is 0.481 e. The van der Waals surface area contributed by atoms with Crippen molar-refractivity contribution in [2.24, 2.45) is 0 Å². The second-order valence-electron chi connectivity index (χ2n) is 10.4. The first-order chi connectivity index (χ1) is 15.3. The molecule has 7 nitrogen and oxygen atoms in total. The minimum absolute atomic E-state index is 0.0348. The number of amides is 2. The maximum absolute atomic E-state index is 12.5. The Morgan fingerprint density at radius 1 is 1.06 bits per heavy atom. The van der Waals surface area contributed by atoms with Crippen LogP contribution in [0.4, 0.5) is 21.9 Å². The Bertz CT molecular complexity index is 1000. The van der Waals surface area contributed by atoms with Crippen LogP contribution in [0.25, 0.3) is 0 Å². The summed E-state index contributed by atoms with van der Waals surface area (Å²) in [4.78, 5) is 27.9. The minimum atomic E-state index is -0.566. The molecule has 0 spiro atoms. The summed E-state index contributed by atoms with van der Waals surface area (Å²) in [5.41, 5.74) is 3.35. The number of nitrogens with zero attached hydrogens (tertiary/aromatic N) is 2. The molecule has 0 aliphatic carbocycles. The second kappa shape index (κ2) is 9.33. The molecule has 33 heavy (non-hydrogen) atoms. The molecule has 0 aromatic heterocycles. The third-order valence-corrected chi connectivity index (χ3v) is 5.31. The van der Waals surface area contributed by atoms with Crippen LogP contribution in [0.2, 0.25) is 0 Å². The van der Waals surface area contributed by atoms with Gasteiger partial charge in [0, 0.05) is 37.6 Å². The second-order valence-corrected chi connectivity index (χ2v) is 10.4. The van der Waals surface area contributed by atoms with Gasteiger partial charge in [0.15, 0.2) is 6.61 Å². The molecule has 0 saturated heterocycles. The summed E-state index contributed by atoms with van der Waals surface area (Å²) in [7, 11) is 1.66. The fourth-order valence-corrected chi connectivity index (χ4v) is 3.43. The average Bonchev–Trinajstić information content (AvgIpc) is 2.71. The van der Waals surface area contributed by atoms with Crippen molar-refractivity contribution in [3.63, 3.8) is 0 Å². The molecule has 3 rings (SSSR count).